The van der Waals surface area contributed by atoms with E-state index < -0.39 is 0 Å². The molecule has 1 heterocycles. The predicted octanol–water partition coefficient (Wildman–Crippen LogP) is 2.32. The molecular formula is C13H12ClN3O. The number of pyridine rings is 1. The molecular weight excluding hydrogens is 250 g/mol. The number of benzene rings is 1. The Hall–Kier alpha value is -2.07. The van der Waals surface area contributed by atoms with Gasteiger partial charge in [-0.15, -0.1) is 0 Å². The lowest BCUT2D eigenvalue weighted by Crippen LogP contribution is -2.05. The summed E-state index contributed by atoms with van der Waals surface area (Å²) in [5.74, 6) is 0.361. The summed E-state index contributed by atoms with van der Waals surface area (Å²) in [5, 5.41) is 0.444. The highest BCUT2D eigenvalue weighted by Gasteiger charge is 2.09. The fourth-order valence-electron chi connectivity index (χ4n) is 1.61. The van der Waals surface area contributed by atoms with Crippen molar-refractivity contribution in [3.63, 3.8) is 0 Å². The Balaban J connectivity index is 2.19. The number of aromatic nitrogens is 1. The fourth-order valence-corrected chi connectivity index (χ4v) is 1.73. The summed E-state index contributed by atoms with van der Waals surface area (Å²) in [6.07, 6.45) is 1.84. The third kappa shape index (κ3) is 2.78. The van der Waals surface area contributed by atoms with Crippen LogP contribution < -0.4 is 11.5 Å². The van der Waals surface area contributed by atoms with Gasteiger partial charge >= 0.3 is 0 Å². The lowest BCUT2D eigenvalue weighted by Gasteiger charge is -2.04. The summed E-state index contributed by atoms with van der Waals surface area (Å²) in [6.45, 7) is 0. The monoisotopic (exact) mass is 261 g/mol. The third-order valence-electron chi connectivity index (χ3n) is 2.53. The molecule has 5 heteroatoms. The molecule has 4 nitrogen and oxygen atoms in total. The first-order chi connectivity index (χ1) is 8.56. The van der Waals surface area contributed by atoms with E-state index in [1.165, 1.54) is 0 Å². The van der Waals surface area contributed by atoms with E-state index >= 15 is 0 Å². The molecule has 0 saturated heterocycles. The zero-order valence-electron chi connectivity index (χ0n) is 9.56. The number of Topliss-reactive ketones (excluding diaryl/α,β-unsaturated/α-hetero) is 1. The van der Waals surface area contributed by atoms with Crippen LogP contribution in [0.4, 0.5) is 11.5 Å². The smallest absolute Gasteiger partial charge is 0.167 e. The van der Waals surface area contributed by atoms with E-state index in [9.17, 15) is 4.79 Å². The molecule has 0 aliphatic rings. The number of ketones is 1. The van der Waals surface area contributed by atoms with Crippen LogP contribution in [0.15, 0.2) is 36.5 Å². The molecule has 1 aromatic heterocycles. The lowest BCUT2D eigenvalue weighted by molar-refractivity contribution is 0.0993. The minimum Gasteiger partial charge on any atom is -0.398 e. The van der Waals surface area contributed by atoms with Gasteiger partial charge in [-0.05, 0) is 35.9 Å². The van der Waals surface area contributed by atoms with Crippen molar-refractivity contribution in [3.05, 3.63) is 52.7 Å². The second kappa shape index (κ2) is 5.06. The summed E-state index contributed by atoms with van der Waals surface area (Å²) < 4.78 is 0. The van der Waals surface area contributed by atoms with Gasteiger partial charge in [0.2, 0.25) is 0 Å². The predicted molar refractivity (Wildman–Crippen MR) is 72.5 cm³/mol. The molecule has 0 unspecified atom stereocenters. The van der Waals surface area contributed by atoms with Gasteiger partial charge in [-0.25, -0.2) is 4.98 Å². The molecule has 0 amide bonds. The molecule has 2 aromatic rings. The van der Waals surface area contributed by atoms with Crippen molar-refractivity contribution in [3.8, 4) is 0 Å². The normalized spacial score (nSPS) is 10.3. The number of rotatable bonds is 3. The van der Waals surface area contributed by atoms with E-state index in [0.29, 0.717) is 22.1 Å². The van der Waals surface area contributed by atoms with Gasteiger partial charge in [-0.3, -0.25) is 4.79 Å². The Morgan fingerprint density at radius 3 is 2.67 bits per heavy atom. The first kappa shape index (κ1) is 12.4. The zero-order valence-corrected chi connectivity index (χ0v) is 10.3. The molecule has 1 aromatic carbocycles. The minimum atomic E-state index is -0.0380. The number of nitrogen functional groups attached to an aromatic ring is 2. The van der Waals surface area contributed by atoms with Crippen molar-refractivity contribution in [2.24, 2.45) is 0 Å². The van der Waals surface area contributed by atoms with E-state index in [1.807, 2.05) is 0 Å². The van der Waals surface area contributed by atoms with Crippen molar-refractivity contribution in [1.82, 2.24) is 4.98 Å². The van der Waals surface area contributed by atoms with Gasteiger partial charge in [0.1, 0.15) is 5.82 Å². The number of nitrogens with two attached hydrogens (primary N) is 2. The first-order valence-corrected chi connectivity index (χ1v) is 5.72. The molecule has 0 spiro atoms. The van der Waals surface area contributed by atoms with Gasteiger partial charge in [0.25, 0.3) is 0 Å². The van der Waals surface area contributed by atoms with E-state index in [4.69, 9.17) is 23.1 Å². The average molecular weight is 262 g/mol. The molecule has 0 radical (unpaired) electrons. The Labute approximate surface area is 110 Å². The number of anilines is 2. The highest BCUT2D eigenvalue weighted by Crippen LogP contribution is 2.20. The van der Waals surface area contributed by atoms with Gasteiger partial charge in [0, 0.05) is 18.2 Å². The van der Waals surface area contributed by atoms with Crippen molar-refractivity contribution in [2.75, 3.05) is 11.5 Å². The topological polar surface area (TPSA) is 82.0 Å². The number of halogens is 1. The lowest BCUT2D eigenvalue weighted by atomic mass is 10.0. The number of hydrogen-bond acceptors (Lipinski definition) is 4. The number of carbonyl (C=O) groups is 1. The van der Waals surface area contributed by atoms with Crippen molar-refractivity contribution < 1.29 is 4.79 Å². The van der Waals surface area contributed by atoms with Crippen molar-refractivity contribution in [1.29, 1.82) is 0 Å². The summed E-state index contributed by atoms with van der Waals surface area (Å²) >= 11 is 5.81. The van der Waals surface area contributed by atoms with Gasteiger partial charge in [0.15, 0.2) is 5.78 Å². The Morgan fingerprint density at radius 2 is 2.00 bits per heavy atom. The van der Waals surface area contributed by atoms with Crippen LogP contribution in [0, 0.1) is 0 Å². The number of nitrogens with zero attached hydrogens (tertiary/aromatic N) is 1. The summed E-state index contributed by atoms with van der Waals surface area (Å²) in [4.78, 5) is 15.9. The molecule has 0 aliphatic heterocycles. The molecule has 0 fully saturated rings. The zero-order chi connectivity index (χ0) is 13.1. The highest BCUT2D eigenvalue weighted by atomic mass is 35.5. The van der Waals surface area contributed by atoms with Crippen LogP contribution in [0.3, 0.4) is 0 Å². The number of carbonyl (C=O) groups excluding carboxylic acids is 1. The van der Waals surface area contributed by atoms with E-state index in [0.717, 1.165) is 5.56 Å². The van der Waals surface area contributed by atoms with Crippen LogP contribution >= 0.6 is 11.6 Å². The van der Waals surface area contributed by atoms with Crippen molar-refractivity contribution in [2.45, 2.75) is 6.42 Å². The molecule has 0 aliphatic carbocycles. The highest BCUT2D eigenvalue weighted by molar-refractivity contribution is 6.33. The molecule has 0 atom stereocenters. The van der Waals surface area contributed by atoms with Gasteiger partial charge in [-0.1, -0.05) is 11.6 Å². The Kier molecular flexibility index (Phi) is 3.48. The van der Waals surface area contributed by atoms with E-state index in [2.05, 4.69) is 4.98 Å². The van der Waals surface area contributed by atoms with Crippen molar-refractivity contribution >= 4 is 28.9 Å². The molecule has 18 heavy (non-hydrogen) atoms. The average Bonchev–Trinajstić information content (AvgIpc) is 2.32. The van der Waals surface area contributed by atoms with Crippen LogP contribution in [0.5, 0.6) is 0 Å². The largest absolute Gasteiger partial charge is 0.398 e. The van der Waals surface area contributed by atoms with E-state index in [1.54, 1.807) is 36.5 Å². The van der Waals surface area contributed by atoms with Crippen LogP contribution in [-0.4, -0.2) is 10.8 Å². The van der Waals surface area contributed by atoms with Gasteiger partial charge in [0.05, 0.1) is 10.7 Å². The first-order valence-electron chi connectivity index (χ1n) is 5.35. The van der Waals surface area contributed by atoms with Crippen LogP contribution in [-0.2, 0) is 6.42 Å². The molecule has 0 saturated carbocycles. The summed E-state index contributed by atoms with van der Waals surface area (Å²) in [5.41, 5.74) is 13.0. The Bertz CT molecular complexity index is 599. The minimum absolute atomic E-state index is 0.0380. The van der Waals surface area contributed by atoms with Crippen LogP contribution in [0.1, 0.15) is 15.9 Å². The second-order valence-corrected chi connectivity index (χ2v) is 4.33. The maximum absolute atomic E-state index is 12.0. The fraction of sp³-hybridized carbons (Fsp3) is 0.0769. The maximum atomic E-state index is 12.0. The maximum Gasteiger partial charge on any atom is 0.167 e. The Morgan fingerprint density at radius 1 is 1.22 bits per heavy atom. The second-order valence-electron chi connectivity index (χ2n) is 3.93. The van der Waals surface area contributed by atoms with Gasteiger partial charge in [-0.2, -0.15) is 0 Å². The van der Waals surface area contributed by atoms with E-state index in [-0.39, 0.29) is 12.2 Å². The number of hydrogen-bond donors (Lipinski definition) is 2. The molecule has 0 bridgehead atoms. The standard InChI is InChI=1S/C13H12ClN3O/c14-10-2-1-9(7-11(10)15)12(18)5-8-3-4-17-13(16)6-8/h1-4,6-7H,5,15H2,(H2,16,17). The van der Waals surface area contributed by atoms with Crippen LogP contribution in [0.25, 0.3) is 0 Å². The van der Waals surface area contributed by atoms with Gasteiger partial charge < -0.3 is 11.5 Å². The summed E-state index contributed by atoms with van der Waals surface area (Å²) in [7, 11) is 0. The van der Waals surface area contributed by atoms with Crippen LogP contribution in [0.2, 0.25) is 5.02 Å². The third-order valence-corrected chi connectivity index (χ3v) is 2.87. The SMILES string of the molecule is Nc1cc(CC(=O)c2ccc(Cl)c(N)c2)ccn1. The molecule has 92 valence electrons. The molecule has 4 N–H and O–H groups in total. The molecule has 2 rings (SSSR count). The quantitative estimate of drug-likeness (QED) is 0.656. The summed E-state index contributed by atoms with van der Waals surface area (Å²) in [6, 6.07) is 8.29.